The normalized spacial score (nSPS) is 14.0. The maximum atomic E-state index is 14.2. The third-order valence-corrected chi connectivity index (χ3v) is 5.06. The van der Waals surface area contributed by atoms with E-state index in [0.717, 1.165) is 17.3 Å². The van der Waals surface area contributed by atoms with Crippen LogP contribution in [0.25, 0.3) is 17.2 Å². The van der Waals surface area contributed by atoms with Gasteiger partial charge in [-0.2, -0.15) is 0 Å². The van der Waals surface area contributed by atoms with Crippen molar-refractivity contribution in [2.75, 3.05) is 12.4 Å². The maximum Gasteiger partial charge on any atom is 0.230 e. The van der Waals surface area contributed by atoms with E-state index in [9.17, 15) is 18.0 Å². The molecule has 1 heterocycles. The van der Waals surface area contributed by atoms with Gasteiger partial charge >= 0.3 is 0 Å². The average molecular weight is 452 g/mol. The molecule has 0 bridgehead atoms. The SMILES string of the molecule is C=Cc1c(F)cccc1F.CNc1ccc(-c2cc(C3=NOC(C)(C)C3=O)ccc2F)cc1. The van der Waals surface area contributed by atoms with Gasteiger partial charge in [-0.25, -0.2) is 13.2 Å². The van der Waals surface area contributed by atoms with Crippen LogP contribution >= 0.6 is 0 Å². The van der Waals surface area contributed by atoms with Crippen LogP contribution in [0.2, 0.25) is 0 Å². The van der Waals surface area contributed by atoms with Gasteiger partial charge in [0.2, 0.25) is 5.78 Å². The molecule has 3 aromatic carbocycles. The molecule has 0 amide bonds. The number of Topliss-reactive ketones (excluding diaryl/α,β-unsaturated/α-hetero) is 1. The Hall–Kier alpha value is -3.87. The molecule has 0 aromatic heterocycles. The second-order valence-electron chi connectivity index (χ2n) is 7.73. The summed E-state index contributed by atoms with van der Waals surface area (Å²) in [5.41, 5.74) is 1.83. The van der Waals surface area contributed by atoms with E-state index in [1.165, 1.54) is 24.3 Å². The zero-order valence-corrected chi connectivity index (χ0v) is 18.5. The minimum absolute atomic E-state index is 0.0671. The first-order valence-electron chi connectivity index (χ1n) is 10.1. The first-order chi connectivity index (χ1) is 15.7. The van der Waals surface area contributed by atoms with Crippen LogP contribution in [0.5, 0.6) is 0 Å². The van der Waals surface area contributed by atoms with Crippen LogP contribution in [0, 0.1) is 17.5 Å². The minimum atomic E-state index is -0.974. The number of halogens is 3. The van der Waals surface area contributed by atoms with Crippen molar-refractivity contribution in [3.63, 3.8) is 0 Å². The first-order valence-corrected chi connectivity index (χ1v) is 10.1. The molecule has 1 aliphatic rings. The largest absolute Gasteiger partial charge is 0.388 e. The summed E-state index contributed by atoms with van der Waals surface area (Å²) < 4.78 is 39.3. The summed E-state index contributed by atoms with van der Waals surface area (Å²) >= 11 is 0. The Morgan fingerprint density at radius 2 is 1.55 bits per heavy atom. The van der Waals surface area contributed by atoms with E-state index in [1.807, 2.05) is 31.3 Å². The molecule has 0 aliphatic carbocycles. The summed E-state index contributed by atoms with van der Waals surface area (Å²) in [5.74, 6) is -1.71. The number of benzene rings is 3. The number of rotatable bonds is 4. The molecule has 33 heavy (non-hydrogen) atoms. The molecule has 0 unspecified atom stereocenters. The molecule has 0 spiro atoms. The fraction of sp³-hybridized carbons (Fsp3) is 0.154. The Kier molecular flexibility index (Phi) is 7.01. The summed E-state index contributed by atoms with van der Waals surface area (Å²) in [5, 5.41) is 6.88. The van der Waals surface area contributed by atoms with Crippen LogP contribution in [-0.4, -0.2) is 24.1 Å². The second kappa shape index (κ2) is 9.73. The lowest BCUT2D eigenvalue weighted by Gasteiger charge is -2.12. The quantitative estimate of drug-likeness (QED) is 0.511. The number of nitrogens with one attached hydrogen (secondary N) is 1. The molecule has 0 saturated carbocycles. The van der Waals surface area contributed by atoms with Crippen LogP contribution in [-0.2, 0) is 9.63 Å². The topological polar surface area (TPSA) is 50.7 Å². The summed E-state index contributed by atoms with van der Waals surface area (Å²) in [6, 6.07) is 15.6. The van der Waals surface area contributed by atoms with Crippen molar-refractivity contribution in [3.05, 3.63) is 95.8 Å². The van der Waals surface area contributed by atoms with E-state index in [0.29, 0.717) is 11.1 Å². The molecular formula is C26H23F3N2O2. The summed E-state index contributed by atoms with van der Waals surface area (Å²) in [4.78, 5) is 17.4. The van der Waals surface area contributed by atoms with Gasteiger partial charge in [-0.15, -0.1) is 0 Å². The zero-order valence-electron chi connectivity index (χ0n) is 18.5. The van der Waals surface area contributed by atoms with Crippen LogP contribution in [0.3, 0.4) is 0 Å². The lowest BCUT2D eigenvalue weighted by atomic mass is 9.94. The van der Waals surface area contributed by atoms with Crippen molar-refractivity contribution in [2.24, 2.45) is 5.16 Å². The van der Waals surface area contributed by atoms with Crippen LogP contribution < -0.4 is 5.32 Å². The predicted octanol–water partition coefficient (Wildman–Crippen LogP) is 6.22. The first kappa shape index (κ1) is 23.8. The van der Waals surface area contributed by atoms with Gasteiger partial charge in [0.05, 0.1) is 0 Å². The molecule has 0 radical (unpaired) electrons. The molecule has 4 nitrogen and oxygen atoms in total. The Labute approximate surface area is 190 Å². The molecule has 3 aromatic rings. The lowest BCUT2D eigenvalue weighted by molar-refractivity contribution is -0.128. The van der Waals surface area contributed by atoms with Gasteiger partial charge in [0.25, 0.3) is 0 Å². The molecular weight excluding hydrogens is 429 g/mol. The number of carbonyl (C=O) groups is 1. The van der Waals surface area contributed by atoms with Gasteiger partial charge in [-0.3, -0.25) is 4.79 Å². The highest BCUT2D eigenvalue weighted by Crippen LogP contribution is 2.28. The number of hydrogen-bond donors (Lipinski definition) is 1. The Bertz CT molecular complexity index is 1200. The number of anilines is 1. The molecule has 4 rings (SSSR count). The number of hydrogen-bond acceptors (Lipinski definition) is 4. The van der Waals surface area contributed by atoms with Gasteiger partial charge in [-0.1, -0.05) is 36.0 Å². The number of carbonyl (C=O) groups excluding carboxylic acids is 1. The molecule has 1 N–H and O–H groups in total. The highest BCUT2D eigenvalue weighted by molar-refractivity contribution is 6.49. The van der Waals surface area contributed by atoms with Crippen molar-refractivity contribution < 1.29 is 22.8 Å². The molecule has 0 saturated heterocycles. The minimum Gasteiger partial charge on any atom is -0.388 e. The summed E-state index contributed by atoms with van der Waals surface area (Å²) in [6.45, 7) is 6.59. The van der Waals surface area contributed by atoms with Crippen molar-refractivity contribution in [1.29, 1.82) is 0 Å². The Morgan fingerprint density at radius 3 is 2.03 bits per heavy atom. The van der Waals surface area contributed by atoms with Crippen LogP contribution in [0.1, 0.15) is 25.0 Å². The van der Waals surface area contributed by atoms with E-state index in [4.69, 9.17) is 4.84 Å². The molecule has 0 fully saturated rings. The second-order valence-corrected chi connectivity index (χ2v) is 7.73. The lowest BCUT2D eigenvalue weighted by Crippen LogP contribution is -2.33. The Morgan fingerprint density at radius 1 is 0.939 bits per heavy atom. The van der Waals surface area contributed by atoms with Gasteiger partial charge in [0.15, 0.2) is 11.3 Å². The molecule has 0 atom stereocenters. The van der Waals surface area contributed by atoms with E-state index < -0.39 is 17.2 Å². The smallest absolute Gasteiger partial charge is 0.230 e. The van der Waals surface area contributed by atoms with E-state index in [-0.39, 0.29) is 22.9 Å². The number of oxime groups is 1. The highest BCUT2D eigenvalue weighted by atomic mass is 19.1. The van der Waals surface area contributed by atoms with Gasteiger partial charge in [0, 0.05) is 29.4 Å². The van der Waals surface area contributed by atoms with Crippen molar-refractivity contribution >= 4 is 23.3 Å². The molecule has 7 heteroatoms. The van der Waals surface area contributed by atoms with E-state index in [1.54, 1.807) is 26.0 Å². The zero-order chi connectivity index (χ0) is 24.2. The number of ketones is 1. The van der Waals surface area contributed by atoms with Crippen molar-refractivity contribution in [2.45, 2.75) is 19.4 Å². The molecule has 1 aliphatic heterocycles. The summed E-state index contributed by atoms with van der Waals surface area (Å²) in [6.07, 6.45) is 1.16. The van der Waals surface area contributed by atoms with E-state index in [2.05, 4.69) is 17.1 Å². The van der Waals surface area contributed by atoms with Crippen LogP contribution in [0.4, 0.5) is 18.9 Å². The predicted molar refractivity (Wildman–Crippen MR) is 125 cm³/mol. The number of nitrogens with zero attached hydrogens (tertiary/aromatic N) is 1. The van der Waals surface area contributed by atoms with Crippen molar-refractivity contribution in [3.8, 4) is 11.1 Å². The van der Waals surface area contributed by atoms with Gasteiger partial charge in [0.1, 0.15) is 17.5 Å². The fourth-order valence-electron chi connectivity index (χ4n) is 3.13. The maximum absolute atomic E-state index is 14.2. The monoisotopic (exact) mass is 452 g/mol. The van der Waals surface area contributed by atoms with E-state index >= 15 is 0 Å². The third kappa shape index (κ3) is 5.14. The molecule has 170 valence electrons. The fourth-order valence-corrected chi connectivity index (χ4v) is 3.13. The third-order valence-electron chi connectivity index (χ3n) is 5.06. The standard InChI is InChI=1S/C18H17FN2O2.C8H6F2/c1-18(2)17(22)16(21-23-18)12-6-9-15(19)14(10-12)11-4-7-13(20-3)8-5-11;1-2-6-7(9)4-3-5-8(6)10/h4-10,20H,1-3H3;2-5H,1H2. The highest BCUT2D eigenvalue weighted by Gasteiger charge is 2.40. The van der Waals surface area contributed by atoms with Crippen molar-refractivity contribution in [1.82, 2.24) is 0 Å². The Balaban J connectivity index is 0.000000257. The van der Waals surface area contributed by atoms with Gasteiger partial charge < -0.3 is 10.2 Å². The van der Waals surface area contributed by atoms with Crippen LogP contribution in [0.15, 0.2) is 72.4 Å². The van der Waals surface area contributed by atoms with Gasteiger partial charge in [-0.05, 0) is 61.9 Å². The average Bonchev–Trinajstić information content (AvgIpc) is 3.07. The summed E-state index contributed by atoms with van der Waals surface area (Å²) in [7, 11) is 1.82.